The average Bonchev–Trinajstić information content (AvgIpc) is 2.51. The third kappa shape index (κ3) is 3.89. The van der Waals surface area contributed by atoms with Crippen LogP contribution in [-0.4, -0.2) is 0 Å². The van der Waals surface area contributed by atoms with Gasteiger partial charge in [0.15, 0.2) is 0 Å². The number of hydrogen-bond acceptors (Lipinski definition) is 2. The summed E-state index contributed by atoms with van der Waals surface area (Å²) in [5.41, 5.74) is 9.89. The Morgan fingerprint density at radius 3 is 2.68 bits per heavy atom. The van der Waals surface area contributed by atoms with Gasteiger partial charge < -0.3 is 10.5 Å². The van der Waals surface area contributed by atoms with Crippen molar-refractivity contribution >= 4 is 5.69 Å². The maximum absolute atomic E-state index is 5.98. The van der Waals surface area contributed by atoms with Gasteiger partial charge in [-0.05, 0) is 43.7 Å². The van der Waals surface area contributed by atoms with Crippen LogP contribution in [0.3, 0.4) is 0 Å². The standard InChI is InChI=1S/C20H21NO/c1-4-6-10-18(5-2)22-20-14-17(21)11-12-19(20)16-9-7-8-15(3)13-16/h4-14H,2,21H2,1,3H3/b6-4-,18-10+. The molecule has 0 atom stereocenters. The number of hydrogen-bond donors (Lipinski definition) is 1. The fourth-order valence-corrected chi connectivity index (χ4v) is 2.14. The molecule has 0 aliphatic rings. The SMILES string of the molecule is C=C/C(=C\C=C/C)Oc1cc(N)ccc1-c1cccc(C)c1. The highest BCUT2D eigenvalue weighted by molar-refractivity contribution is 5.73. The molecular weight excluding hydrogens is 270 g/mol. The number of aryl methyl sites for hydroxylation is 1. The molecule has 22 heavy (non-hydrogen) atoms. The van der Waals surface area contributed by atoms with E-state index in [-0.39, 0.29) is 0 Å². The first-order chi connectivity index (χ1) is 10.6. The van der Waals surface area contributed by atoms with Crippen LogP contribution in [0.25, 0.3) is 11.1 Å². The minimum atomic E-state index is 0.667. The van der Waals surface area contributed by atoms with Crippen LogP contribution in [0.1, 0.15) is 12.5 Å². The largest absolute Gasteiger partial charge is 0.457 e. The molecule has 2 rings (SSSR count). The van der Waals surface area contributed by atoms with Crippen LogP contribution in [-0.2, 0) is 0 Å². The summed E-state index contributed by atoms with van der Waals surface area (Å²) in [4.78, 5) is 0. The van der Waals surface area contributed by atoms with Crippen LogP contribution in [0.2, 0.25) is 0 Å². The normalized spacial score (nSPS) is 11.6. The lowest BCUT2D eigenvalue weighted by molar-refractivity contribution is 0.447. The Hall–Kier alpha value is -2.74. The van der Waals surface area contributed by atoms with Crippen LogP contribution in [0.4, 0.5) is 5.69 Å². The number of nitrogen functional groups attached to an aromatic ring is 1. The Bertz CT molecular complexity index is 726. The number of rotatable bonds is 5. The third-order valence-corrected chi connectivity index (χ3v) is 3.22. The lowest BCUT2D eigenvalue weighted by Gasteiger charge is -2.13. The Balaban J connectivity index is 2.46. The molecule has 0 radical (unpaired) electrons. The number of ether oxygens (including phenoxy) is 1. The summed E-state index contributed by atoms with van der Waals surface area (Å²) in [5.74, 6) is 1.40. The van der Waals surface area contributed by atoms with Crippen LogP contribution in [0.15, 0.2) is 79.1 Å². The molecule has 2 N–H and O–H groups in total. The molecule has 0 heterocycles. The van der Waals surface area contributed by atoms with Gasteiger partial charge in [0.1, 0.15) is 11.5 Å². The van der Waals surface area contributed by atoms with Gasteiger partial charge in [-0.15, -0.1) is 0 Å². The van der Waals surface area contributed by atoms with E-state index in [1.165, 1.54) is 5.56 Å². The van der Waals surface area contributed by atoms with Crippen molar-refractivity contribution in [3.8, 4) is 16.9 Å². The topological polar surface area (TPSA) is 35.2 Å². The van der Waals surface area contributed by atoms with Crippen LogP contribution >= 0.6 is 0 Å². The van der Waals surface area contributed by atoms with E-state index in [2.05, 4.69) is 31.7 Å². The van der Waals surface area contributed by atoms with Crippen molar-refractivity contribution in [2.24, 2.45) is 0 Å². The number of benzene rings is 2. The second kappa shape index (κ2) is 7.32. The minimum absolute atomic E-state index is 0.667. The maximum Gasteiger partial charge on any atom is 0.137 e. The zero-order valence-electron chi connectivity index (χ0n) is 13.0. The zero-order chi connectivity index (χ0) is 15.9. The van der Waals surface area contributed by atoms with Gasteiger partial charge in [-0.25, -0.2) is 0 Å². The van der Waals surface area contributed by atoms with Gasteiger partial charge in [-0.2, -0.15) is 0 Å². The first-order valence-corrected chi connectivity index (χ1v) is 7.24. The van der Waals surface area contributed by atoms with Crippen molar-refractivity contribution in [3.05, 3.63) is 84.7 Å². The summed E-state index contributed by atoms with van der Waals surface area (Å²) in [6, 6.07) is 14.0. The van der Waals surface area contributed by atoms with E-state index in [0.29, 0.717) is 11.4 Å². The summed E-state index contributed by atoms with van der Waals surface area (Å²) < 4.78 is 5.98. The molecule has 0 aliphatic carbocycles. The van der Waals surface area contributed by atoms with E-state index in [1.807, 2.05) is 49.4 Å². The second-order valence-corrected chi connectivity index (χ2v) is 5.03. The molecule has 0 bridgehead atoms. The molecular formula is C20H21NO. The lowest BCUT2D eigenvalue weighted by atomic mass is 10.0. The molecule has 2 nitrogen and oxygen atoms in total. The van der Waals surface area contributed by atoms with Gasteiger partial charge in [0.05, 0.1) is 0 Å². The molecule has 0 fully saturated rings. The summed E-state index contributed by atoms with van der Waals surface area (Å²) in [5, 5.41) is 0. The van der Waals surface area contributed by atoms with Crippen molar-refractivity contribution < 1.29 is 4.74 Å². The first kappa shape index (κ1) is 15.6. The van der Waals surface area contributed by atoms with Gasteiger partial charge in [0.2, 0.25) is 0 Å². The molecule has 112 valence electrons. The summed E-state index contributed by atoms with van der Waals surface area (Å²) in [6.45, 7) is 7.82. The Labute approximate surface area is 132 Å². The zero-order valence-corrected chi connectivity index (χ0v) is 13.0. The fraction of sp³-hybridized carbons (Fsp3) is 0.100. The molecule has 0 unspecified atom stereocenters. The highest BCUT2D eigenvalue weighted by Crippen LogP contribution is 2.33. The van der Waals surface area contributed by atoms with Gasteiger partial charge in [0.25, 0.3) is 0 Å². The van der Waals surface area contributed by atoms with Crippen molar-refractivity contribution in [2.75, 3.05) is 5.73 Å². The average molecular weight is 291 g/mol. The summed E-state index contributed by atoms with van der Waals surface area (Å²) >= 11 is 0. The smallest absolute Gasteiger partial charge is 0.137 e. The van der Waals surface area contributed by atoms with Crippen LogP contribution in [0, 0.1) is 6.92 Å². The van der Waals surface area contributed by atoms with Crippen LogP contribution < -0.4 is 10.5 Å². The lowest BCUT2D eigenvalue weighted by Crippen LogP contribution is -1.96. The molecule has 2 aromatic rings. The third-order valence-electron chi connectivity index (χ3n) is 3.22. The molecule has 2 aromatic carbocycles. The van der Waals surface area contributed by atoms with E-state index < -0.39 is 0 Å². The quantitative estimate of drug-likeness (QED) is 0.463. The van der Waals surface area contributed by atoms with E-state index >= 15 is 0 Å². The predicted octanol–water partition coefficient (Wildman–Crippen LogP) is 5.27. The molecule has 0 aromatic heterocycles. The van der Waals surface area contributed by atoms with Gasteiger partial charge >= 0.3 is 0 Å². The number of nitrogens with two attached hydrogens (primary N) is 1. The monoisotopic (exact) mass is 291 g/mol. The number of anilines is 1. The molecule has 2 heteroatoms. The van der Waals surface area contributed by atoms with E-state index in [1.54, 1.807) is 6.08 Å². The summed E-state index contributed by atoms with van der Waals surface area (Å²) in [7, 11) is 0. The highest BCUT2D eigenvalue weighted by Gasteiger charge is 2.08. The molecule has 0 saturated carbocycles. The Morgan fingerprint density at radius 1 is 1.18 bits per heavy atom. The number of allylic oxidation sites excluding steroid dienone is 4. The van der Waals surface area contributed by atoms with Gasteiger partial charge in [0, 0.05) is 17.3 Å². The molecule has 0 amide bonds. The first-order valence-electron chi connectivity index (χ1n) is 7.24. The highest BCUT2D eigenvalue weighted by atomic mass is 16.5. The van der Waals surface area contributed by atoms with Crippen molar-refractivity contribution in [2.45, 2.75) is 13.8 Å². The van der Waals surface area contributed by atoms with E-state index in [4.69, 9.17) is 10.5 Å². The maximum atomic E-state index is 5.98. The molecule has 0 saturated heterocycles. The predicted molar refractivity (Wildman–Crippen MR) is 94.7 cm³/mol. The van der Waals surface area contributed by atoms with E-state index in [0.717, 1.165) is 16.9 Å². The van der Waals surface area contributed by atoms with Gasteiger partial charge in [-0.3, -0.25) is 0 Å². The van der Waals surface area contributed by atoms with Crippen LogP contribution in [0.5, 0.6) is 5.75 Å². The summed E-state index contributed by atoms with van der Waals surface area (Å²) in [6.07, 6.45) is 7.41. The van der Waals surface area contributed by atoms with Crippen molar-refractivity contribution in [1.29, 1.82) is 0 Å². The Kier molecular flexibility index (Phi) is 5.21. The Morgan fingerprint density at radius 2 is 2.00 bits per heavy atom. The molecule has 0 aliphatic heterocycles. The van der Waals surface area contributed by atoms with E-state index in [9.17, 15) is 0 Å². The molecule has 0 spiro atoms. The fourth-order valence-electron chi connectivity index (χ4n) is 2.14. The minimum Gasteiger partial charge on any atom is -0.457 e. The van der Waals surface area contributed by atoms with Crippen molar-refractivity contribution in [3.63, 3.8) is 0 Å². The van der Waals surface area contributed by atoms with Crippen molar-refractivity contribution in [1.82, 2.24) is 0 Å². The second-order valence-electron chi connectivity index (χ2n) is 5.03. The van der Waals surface area contributed by atoms with Gasteiger partial charge in [-0.1, -0.05) is 48.6 Å².